The summed E-state index contributed by atoms with van der Waals surface area (Å²) in [5.74, 6) is 1.93. The first-order valence-corrected chi connectivity index (χ1v) is 7.46. The van der Waals surface area contributed by atoms with Crippen molar-refractivity contribution in [1.82, 2.24) is 0 Å². The van der Waals surface area contributed by atoms with Crippen LogP contribution in [0.3, 0.4) is 0 Å². The fourth-order valence-electron chi connectivity index (χ4n) is 1.41. The van der Waals surface area contributed by atoms with Gasteiger partial charge in [0.2, 0.25) is 0 Å². The Labute approximate surface area is 111 Å². The molecular formula is C13H20BrNS. The minimum absolute atomic E-state index is 0.0963. The van der Waals surface area contributed by atoms with Crippen LogP contribution in [-0.4, -0.2) is 5.75 Å². The first kappa shape index (κ1) is 14.1. The maximum atomic E-state index is 5.98. The van der Waals surface area contributed by atoms with Gasteiger partial charge >= 0.3 is 0 Å². The Morgan fingerprint density at radius 2 is 2.00 bits per heavy atom. The molecule has 0 saturated carbocycles. The van der Waals surface area contributed by atoms with Crippen LogP contribution in [0.5, 0.6) is 0 Å². The predicted octanol–water partition coefficient (Wildman–Crippen LogP) is 4.61. The van der Waals surface area contributed by atoms with E-state index in [0.29, 0.717) is 0 Å². The number of hydrogen-bond donors (Lipinski definition) is 1. The molecule has 2 N–H and O–H groups in total. The summed E-state index contributed by atoms with van der Waals surface area (Å²) in [5.41, 5.74) is 7.22. The molecule has 0 aliphatic rings. The molecule has 16 heavy (non-hydrogen) atoms. The molecule has 90 valence electrons. The number of thioether (sulfide) groups is 1. The van der Waals surface area contributed by atoms with Crippen LogP contribution in [0.4, 0.5) is 0 Å². The van der Waals surface area contributed by atoms with Gasteiger partial charge < -0.3 is 5.73 Å². The first-order chi connectivity index (χ1) is 7.50. The highest BCUT2D eigenvalue weighted by atomic mass is 79.9. The van der Waals surface area contributed by atoms with Crippen LogP contribution >= 0.6 is 27.7 Å². The zero-order chi connectivity index (χ0) is 12.1. The van der Waals surface area contributed by atoms with Crippen molar-refractivity contribution in [3.63, 3.8) is 0 Å². The normalized spacial score (nSPS) is 13.1. The van der Waals surface area contributed by atoms with Crippen LogP contribution < -0.4 is 5.73 Å². The molecule has 1 aromatic rings. The van der Waals surface area contributed by atoms with Crippen molar-refractivity contribution in [2.45, 2.75) is 38.1 Å². The zero-order valence-electron chi connectivity index (χ0n) is 10.2. The average Bonchev–Trinajstić information content (AvgIpc) is 2.19. The highest BCUT2D eigenvalue weighted by Crippen LogP contribution is 2.30. The van der Waals surface area contributed by atoms with Crippen LogP contribution in [0.15, 0.2) is 27.6 Å². The van der Waals surface area contributed by atoms with E-state index < -0.39 is 0 Å². The summed E-state index contributed by atoms with van der Waals surface area (Å²) < 4.78 is 1.10. The second-order valence-corrected chi connectivity index (χ2v) is 6.55. The first-order valence-electron chi connectivity index (χ1n) is 5.68. The van der Waals surface area contributed by atoms with Crippen molar-refractivity contribution in [2.24, 2.45) is 11.7 Å². The minimum Gasteiger partial charge on any atom is -0.324 e. The molecule has 1 rings (SSSR count). The van der Waals surface area contributed by atoms with Gasteiger partial charge in [-0.15, -0.1) is 11.8 Å². The molecule has 0 saturated heterocycles. The van der Waals surface area contributed by atoms with Crippen molar-refractivity contribution < 1.29 is 0 Å². The minimum atomic E-state index is 0.0963. The van der Waals surface area contributed by atoms with E-state index in [1.54, 1.807) is 0 Å². The third kappa shape index (κ3) is 4.48. The van der Waals surface area contributed by atoms with Gasteiger partial charge in [0.25, 0.3) is 0 Å². The van der Waals surface area contributed by atoms with Gasteiger partial charge in [0.05, 0.1) is 0 Å². The topological polar surface area (TPSA) is 26.0 Å². The lowest BCUT2D eigenvalue weighted by Gasteiger charge is -2.13. The molecule has 0 amide bonds. The van der Waals surface area contributed by atoms with E-state index in [1.165, 1.54) is 22.6 Å². The van der Waals surface area contributed by atoms with E-state index in [9.17, 15) is 0 Å². The van der Waals surface area contributed by atoms with Crippen LogP contribution in [0.25, 0.3) is 0 Å². The molecule has 1 atom stereocenters. The molecule has 0 spiro atoms. The van der Waals surface area contributed by atoms with E-state index in [1.807, 2.05) is 18.7 Å². The summed E-state index contributed by atoms with van der Waals surface area (Å²) in [6.07, 6.45) is 1.25. The predicted molar refractivity (Wildman–Crippen MR) is 76.9 cm³/mol. The van der Waals surface area contributed by atoms with Gasteiger partial charge in [0.1, 0.15) is 0 Å². The Bertz CT molecular complexity index is 337. The fraction of sp³-hybridized carbons (Fsp3) is 0.538. The summed E-state index contributed by atoms with van der Waals surface area (Å²) in [4.78, 5) is 1.32. The summed E-state index contributed by atoms with van der Waals surface area (Å²) in [6, 6.07) is 6.47. The van der Waals surface area contributed by atoms with E-state index in [2.05, 4.69) is 48.0 Å². The van der Waals surface area contributed by atoms with Gasteiger partial charge in [-0.25, -0.2) is 0 Å². The van der Waals surface area contributed by atoms with Crippen LogP contribution in [0.2, 0.25) is 0 Å². The Kier molecular flexibility index (Phi) is 5.87. The zero-order valence-corrected chi connectivity index (χ0v) is 12.6. The van der Waals surface area contributed by atoms with Crippen molar-refractivity contribution in [2.75, 3.05) is 5.75 Å². The van der Waals surface area contributed by atoms with Crippen molar-refractivity contribution in [3.8, 4) is 0 Å². The van der Waals surface area contributed by atoms with Gasteiger partial charge in [-0.2, -0.15) is 0 Å². The Morgan fingerprint density at radius 1 is 1.31 bits per heavy atom. The molecule has 0 aliphatic heterocycles. The van der Waals surface area contributed by atoms with Crippen molar-refractivity contribution in [1.29, 1.82) is 0 Å². The largest absolute Gasteiger partial charge is 0.324 e. The highest BCUT2D eigenvalue weighted by Gasteiger charge is 2.08. The molecule has 1 aromatic carbocycles. The quantitative estimate of drug-likeness (QED) is 0.804. The molecule has 1 unspecified atom stereocenters. The number of hydrogen-bond acceptors (Lipinski definition) is 2. The molecule has 1 nitrogen and oxygen atoms in total. The van der Waals surface area contributed by atoms with Gasteiger partial charge in [-0.1, -0.05) is 29.8 Å². The Balaban J connectivity index is 2.71. The summed E-state index contributed by atoms with van der Waals surface area (Å²) in [6.45, 7) is 6.55. The highest BCUT2D eigenvalue weighted by molar-refractivity contribution is 9.10. The number of benzene rings is 1. The molecule has 0 aliphatic carbocycles. The second kappa shape index (κ2) is 6.67. The van der Waals surface area contributed by atoms with E-state index in [0.717, 1.165) is 10.4 Å². The molecule has 3 heteroatoms. The van der Waals surface area contributed by atoms with Gasteiger partial charge in [-0.3, -0.25) is 0 Å². The van der Waals surface area contributed by atoms with Gasteiger partial charge in [-0.05, 0) is 48.8 Å². The lowest BCUT2D eigenvalue weighted by Crippen LogP contribution is -2.06. The van der Waals surface area contributed by atoms with E-state index in [-0.39, 0.29) is 6.04 Å². The second-order valence-electron chi connectivity index (χ2n) is 4.50. The number of halogens is 1. The van der Waals surface area contributed by atoms with Gasteiger partial charge in [0.15, 0.2) is 0 Å². The third-order valence-corrected chi connectivity index (χ3v) is 4.03. The summed E-state index contributed by atoms with van der Waals surface area (Å²) in [5, 5.41) is 0. The van der Waals surface area contributed by atoms with Crippen LogP contribution in [-0.2, 0) is 0 Å². The van der Waals surface area contributed by atoms with Crippen LogP contribution in [0.1, 0.15) is 38.8 Å². The number of rotatable bonds is 5. The third-order valence-electron chi connectivity index (χ3n) is 2.42. The Hall–Kier alpha value is 0.01000. The SMILES string of the molecule is CC(C)CCSc1ccc(Br)cc1C(C)N. The maximum absolute atomic E-state index is 5.98. The molecule has 0 bridgehead atoms. The lowest BCUT2D eigenvalue weighted by molar-refractivity contribution is 0.632. The summed E-state index contributed by atoms with van der Waals surface area (Å²) in [7, 11) is 0. The maximum Gasteiger partial charge on any atom is 0.0277 e. The molecule has 0 radical (unpaired) electrons. The summed E-state index contributed by atoms with van der Waals surface area (Å²) >= 11 is 5.40. The number of nitrogens with two attached hydrogens (primary N) is 1. The van der Waals surface area contributed by atoms with Crippen LogP contribution in [0, 0.1) is 5.92 Å². The average molecular weight is 302 g/mol. The van der Waals surface area contributed by atoms with E-state index in [4.69, 9.17) is 5.73 Å². The fourth-order valence-corrected chi connectivity index (χ4v) is 3.17. The van der Waals surface area contributed by atoms with Crippen molar-refractivity contribution >= 4 is 27.7 Å². The standard InChI is InChI=1S/C13H20BrNS/c1-9(2)6-7-16-13-5-4-11(14)8-12(13)10(3)15/h4-5,8-10H,6-7,15H2,1-3H3. The molecule has 0 aromatic heterocycles. The van der Waals surface area contributed by atoms with Gasteiger partial charge in [0, 0.05) is 15.4 Å². The monoisotopic (exact) mass is 301 g/mol. The molecule has 0 heterocycles. The smallest absolute Gasteiger partial charge is 0.0277 e. The van der Waals surface area contributed by atoms with E-state index >= 15 is 0 Å². The van der Waals surface area contributed by atoms with Crippen molar-refractivity contribution in [3.05, 3.63) is 28.2 Å². The molecule has 0 fully saturated rings. The Morgan fingerprint density at radius 3 is 2.56 bits per heavy atom. The lowest BCUT2D eigenvalue weighted by atomic mass is 10.1. The molecular weight excluding hydrogens is 282 g/mol.